The Hall–Kier alpha value is -1.98. The molecule has 0 atom stereocenters. The van der Waals surface area contributed by atoms with Crippen molar-refractivity contribution in [2.75, 3.05) is 6.54 Å². The van der Waals surface area contributed by atoms with E-state index in [9.17, 15) is 0 Å². The Morgan fingerprint density at radius 3 is 3.00 bits per heavy atom. The Morgan fingerprint density at radius 1 is 1.18 bits per heavy atom. The molecular formula is C17H18N4S. The van der Waals surface area contributed by atoms with Crippen molar-refractivity contribution < 1.29 is 0 Å². The van der Waals surface area contributed by atoms with Crippen LogP contribution in [0.3, 0.4) is 0 Å². The van der Waals surface area contributed by atoms with E-state index < -0.39 is 0 Å². The van der Waals surface area contributed by atoms with Gasteiger partial charge in [0.2, 0.25) is 0 Å². The van der Waals surface area contributed by atoms with E-state index in [0.29, 0.717) is 0 Å². The fourth-order valence-corrected chi connectivity index (χ4v) is 3.81. The van der Waals surface area contributed by atoms with Gasteiger partial charge in [-0.05, 0) is 29.0 Å². The smallest absolute Gasteiger partial charge is 0.164 e. The second kappa shape index (κ2) is 6.02. The van der Waals surface area contributed by atoms with Crippen molar-refractivity contribution in [1.29, 1.82) is 0 Å². The molecule has 1 aliphatic heterocycles. The van der Waals surface area contributed by atoms with E-state index in [2.05, 4.69) is 55.8 Å². The lowest BCUT2D eigenvalue weighted by Crippen LogP contribution is -2.29. The molecule has 4 nitrogen and oxygen atoms in total. The summed E-state index contributed by atoms with van der Waals surface area (Å²) in [4.78, 5) is 8.60. The van der Waals surface area contributed by atoms with Crippen LogP contribution in [0.2, 0.25) is 0 Å². The molecule has 3 aromatic rings. The number of aromatic amines is 1. The minimum Gasteiger partial charge on any atom is -0.291 e. The molecule has 0 unspecified atom stereocenters. The molecule has 0 saturated carbocycles. The highest BCUT2D eigenvalue weighted by Crippen LogP contribution is 2.24. The van der Waals surface area contributed by atoms with Gasteiger partial charge in [-0.1, -0.05) is 30.3 Å². The van der Waals surface area contributed by atoms with E-state index in [1.807, 2.05) is 17.4 Å². The highest BCUT2D eigenvalue weighted by atomic mass is 32.1. The molecule has 22 heavy (non-hydrogen) atoms. The van der Waals surface area contributed by atoms with E-state index in [4.69, 9.17) is 0 Å². The van der Waals surface area contributed by atoms with Crippen LogP contribution in [0.1, 0.15) is 27.7 Å². The maximum absolute atomic E-state index is 4.64. The van der Waals surface area contributed by atoms with Crippen molar-refractivity contribution in [3.63, 3.8) is 0 Å². The van der Waals surface area contributed by atoms with Crippen LogP contribution in [0, 0.1) is 0 Å². The summed E-state index contributed by atoms with van der Waals surface area (Å²) in [6, 6.07) is 12.6. The van der Waals surface area contributed by atoms with E-state index in [-0.39, 0.29) is 0 Å². The molecule has 0 radical (unpaired) electrons. The lowest BCUT2D eigenvalue weighted by molar-refractivity contribution is 0.241. The first kappa shape index (κ1) is 13.7. The third-order valence-electron chi connectivity index (χ3n) is 4.04. The van der Waals surface area contributed by atoms with E-state index in [0.717, 1.165) is 44.1 Å². The number of nitrogens with one attached hydrogen (secondary N) is 1. The maximum atomic E-state index is 4.64. The first-order chi connectivity index (χ1) is 10.9. The first-order valence-corrected chi connectivity index (χ1v) is 8.46. The average Bonchev–Trinajstić information content (AvgIpc) is 3.17. The monoisotopic (exact) mass is 310 g/mol. The van der Waals surface area contributed by atoms with Gasteiger partial charge in [-0.2, -0.15) is 5.10 Å². The van der Waals surface area contributed by atoms with Crippen molar-refractivity contribution in [2.45, 2.75) is 25.9 Å². The second-order valence-corrected chi connectivity index (χ2v) is 6.69. The van der Waals surface area contributed by atoms with E-state index in [1.54, 1.807) is 0 Å². The maximum Gasteiger partial charge on any atom is 0.164 e. The largest absolute Gasteiger partial charge is 0.291 e. The molecule has 0 spiro atoms. The summed E-state index contributed by atoms with van der Waals surface area (Å²) < 4.78 is 0. The molecule has 3 heterocycles. The third kappa shape index (κ3) is 2.96. The second-order valence-electron chi connectivity index (χ2n) is 5.69. The van der Waals surface area contributed by atoms with Crippen molar-refractivity contribution in [2.24, 2.45) is 0 Å². The van der Waals surface area contributed by atoms with Gasteiger partial charge in [0.1, 0.15) is 5.82 Å². The molecule has 0 saturated heterocycles. The molecule has 1 aromatic carbocycles. The summed E-state index contributed by atoms with van der Waals surface area (Å²) in [5, 5.41) is 9.64. The summed E-state index contributed by atoms with van der Waals surface area (Å²) in [7, 11) is 0. The highest BCUT2D eigenvalue weighted by Gasteiger charge is 2.18. The number of rotatable bonds is 4. The van der Waals surface area contributed by atoms with Crippen LogP contribution in [-0.2, 0) is 25.9 Å². The molecule has 0 fully saturated rings. The molecule has 0 bridgehead atoms. The van der Waals surface area contributed by atoms with Crippen molar-refractivity contribution in [1.82, 2.24) is 20.1 Å². The molecule has 5 heteroatoms. The Balaban J connectivity index is 1.40. The summed E-state index contributed by atoms with van der Waals surface area (Å²) >= 11 is 1.87. The number of hydrogen-bond donors (Lipinski definition) is 1. The van der Waals surface area contributed by atoms with E-state index in [1.165, 1.54) is 16.0 Å². The molecule has 112 valence electrons. The van der Waals surface area contributed by atoms with Gasteiger partial charge in [0, 0.05) is 24.4 Å². The Labute approximate surface area is 133 Å². The van der Waals surface area contributed by atoms with Gasteiger partial charge >= 0.3 is 0 Å². The topological polar surface area (TPSA) is 44.8 Å². The zero-order chi connectivity index (χ0) is 14.8. The van der Waals surface area contributed by atoms with Crippen LogP contribution >= 0.6 is 11.3 Å². The average molecular weight is 310 g/mol. The van der Waals surface area contributed by atoms with Crippen LogP contribution in [0.25, 0.3) is 0 Å². The highest BCUT2D eigenvalue weighted by molar-refractivity contribution is 7.10. The summed E-state index contributed by atoms with van der Waals surface area (Å²) in [5.74, 6) is 1.83. The first-order valence-electron chi connectivity index (χ1n) is 7.58. The van der Waals surface area contributed by atoms with Gasteiger partial charge in [-0.3, -0.25) is 10.00 Å². The number of benzene rings is 1. The molecule has 4 rings (SSSR count). The number of thiophene rings is 1. The zero-order valence-corrected chi connectivity index (χ0v) is 13.1. The summed E-state index contributed by atoms with van der Waals surface area (Å²) in [6.07, 6.45) is 1.96. The van der Waals surface area contributed by atoms with Gasteiger partial charge in [-0.15, -0.1) is 11.3 Å². The van der Waals surface area contributed by atoms with Crippen molar-refractivity contribution in [3.8, 4) is 0 Å². The fraction of sp³-hybridized carbons (Fsp3) is 0.294. The quantitative estimate of drug-likeness (QED) is 0.805. The van der Waals surface area contributed by atoms with Crippen molar-refractivity contribution >= 4 is 11.3 Å². The van der Waals surface area contributed by atoms with Crippen LogP contribution in [-0.4, -0.2) is 26.6 Å². The molecule has 1 N–H and O–H groups in total. The van der Waals surface area contributed by atoms with Gasteiger partial charge < -0.3 is 0 Å². The predicted octanol–water partition coefficient (Wildman–Crippen LogP) is 3.02. The number of aromatic nitrogens is 3. The van der Waals surface area contributed by atoms with Gasteiger partial charge in [-0.25, -0.2) is 4.98 Å². The Bertz CT molecular complexity index is 747. The molecule has 2 aromatic heterocycles. The fourth-order valence-electron chi connectivity index (χ4n) is 2.92. The normalized spacial score (nSPS) is 14.9. The van der Waals surface area contributed by atoms with E-state index >= 15 is 0 Å². The van der Waals surface area contributed by atoms with Crippen molar-refractivity contribution in [3.05, 3.63) is 69.4 Å². The van der Waals surface area contributed by atoms with Crippen LogP contribution in [0.15, 0.2) is 41.8 Å². The van der Waals surface area contributed by atoms with Gasteiger partial charge in [0.05, 0.1) is 6.54 Å². The zero-order valence-electron chi connectivity index (χ0n) is 12.3. The molecule has 1 aliphatic rings. The van der Waals surface area contributed by atoms with Crippen LogP contribution < -0.4 is 0 Å². The van der Waals surface area contributed by atoms with Crippen LogP contribution in [0.5, 0.6) is 0 Å². The molecular weight excluding hydrogens is 292 g/mol. The SMILES string of the molecule is c1ccc(Cc2nc(CN3CCc4sccc4C3)n[nH]2)cc1. The van der Waals surface area contributed by atoms with Crippen LogP contribution in [0.4, 0.5) is 0 Å². The predicted molar refractivity (Wildman–Crippen MR) is 87.8 cm³/mol. The summed E-state index contributed by atoms with van der Waals surface area (Å²) in [6.45, 7) is 2.93. The molecule has 0 aliphatic carbocycles. The third-order valence-corrected chi connectivity index (χ3v) is 5.07. The van der Waals surface area contributed by atoms with Gasteiger partial charge in [0.15, 0.2) is 5.82 Å². The molecule has 0 amide bonds. The number of nitrogens with zero attached hydrogens (tertiary/aromatic N) is 3. The minimum absolute atomic E-state index is 0.808. The summed E-state index contributed by atoms with van der Waals surface area (Å²) in [5.41, 5.74) is 2.72. The Morgan fingerprint density at radius 2 is 2.09 bits per heavy atom. The van der Waals surface area contributed by atoms with Gasteiger partial charge in [0.25, 0.3) is 0 Å². The minimum atomic E-state index is 0.808. The Kier molecular flexibility index (Phi) is 3.74. The standard InChI is InChI=1S/C17H18N4S/c1-2-4-13(5-3-1)10-16-18-17(20-19-16)12-21-8-6-15-14(11-21)7-9-22-15/h1-5,7,9H,6,8,10-12H2,(H,18,19,20). The number of H-pyrrole nitrogens is 1. The lowest BCUT2D eigenvalue weighted by Gasteiger charge is -2.25. The lowest BCUT2D eigenvalue weighted by atomic mass is 10.1. The number of hydrogen-bond acceptors (Lipinski definition) is 4. The number of fused-ring (bicyclic) bond motifs is 1.